The molecular weight excluding hydrogens is 450 g/mol. The molecule has 1 saturated carbocycles. The summed E-state index contributed by atoms with van der Waals surface area (Å²) in [5.41, 5.74) is -0.231. The van der Waals surface area contributed by atoms with Crippen LogP contribution in [0.2, 0.25) is 0 Å². The second-order valence-electron chi connectivity index (χ2n) is 7.02. The van der Waals surface area contributed by atoms with Gasteiger partial charge in [-0.2, -0.15) is 10.1 Å². The van der Waals surface area contributed by atoms with Gasteiger partial charge in [-0.1, -0.05) is 12.2 Å². The van der Waals surface area contributed by atoms with E-state index < -0.39 is 23.2 Å². The molecule has 0 aromatic heterocycles. The number of carboxylic acids is 1. The number of nitro benzene ring substituents is 1. The van der Waals surface area contributed by atoms with Crippen LogP contribution < -0.4 is 4.74 Å². The van der Waals surface area contributed by atoms with Crippen LogP contribution in [0, 0.1) is 33.8 Å². The molecule has 0 spiro atoms. The Bertz CT molecular complexity index is 975. The van der Waals surface area contributed by atoms with Gasteiger partial charge in [0.15, 0.2) is 6.61 Å². The Balaban J connectivity index is 1.59. The number of carbonyl (C=O) groups excluding carboxylic acids is 2. The van der Waals surface area contributed by atoms with E-state index in [1.165, 1.54) is 12.3 Å². The smallest absolute Gasteiger partial charge is 0.341 e. The number of amides is 2. The van der Waals surface area contributed by atoms with Gasteiger partial charge in [-0.25, -0.2) is 4.79 Å². The number of nitro groups is 1. The van der Waals surface area contributed by atoms with Crippen LogP contribution in [-0.4, -0.2) is 45.6 Å². The zero-order valence-corrected chi connectivity index (χ0v) is 16.3. The van der Waals surface area contributed by atoms with E-state index in [4.69, 9.17) is 9.84 Å². The van der Waals surface area contributed by atoms with Crippen molar-refractivity contribution >= 4 is 45.6 Å². The number of hydrogen-bond donors (Lipinski definition) is 1. The number of allylic oxidation sites excluding steroid dienone is 2. The summed E-state index contributed by atoms with van der Waals surface area (Å²) in [7, 11) is 0. The van der Waals surface area contributed by atoms with E-state index >= 15 is 0 Å². The highest BCUT2D eigenvalue weighted by molar-refractivity contribution is 9.10. The maximum absolute atomic E-state index is 12.6. The number of halogens is 1. The molecular formula is C18H14BrN3O7. The summed E-state index contributed by atoms with van der Waals surface area (Å²) >= 11 is 3.12. The minimum Gasteiger partial charge on any atom is -0.479 e. The molecule has 2 bridgehead atoms. The van der Waals surface area contributed by atoms with Crippen molar-refractivity contribution in [3.05, 3.63) is 44.4 Å². The van der Waals surface area contributed by atoms with Crippen LogP contribution in [0.5, 0.6) is 5.75 Å². The lowest BCUT2D eigenvalue weighted by Gasteiger charge is -2.13. The molecule has 10 nitrogen and oxygen atoms in total. The van der Waals surface area contributed by atoms with Gasteiger partial charge >= 0.3 is 11.7 Å². The Morgan fingerprint density at radius 1 is 1.31 bits per heavy atom. The monoisotopic (exact) mass is 463 g/mol. The first kappa shape index (κ1) is 19.2. The summed E-state index contributed by atoms with van der Waals surface area (Å²) in [5.74, 6) is -2.89. The highest BCUT2D eigenvalue weighted by atomic mass is 79.9. The minimum atomic E-state index is -1.28. The number of benzene rings is 1. The Morgan fingerprint density at radius 3 is 2.48 bits per heavy atom. The van der Waals surface area contributed by atoms with Crippen molar-refractivity contribution < 1.29 is 29.2 Å². The van der Waals surface area contributed by atoms with Gasteiger partial charge in [0.05, 0.1) is 27.4 Å². The summed E-state index contributed by atoms with van der Waals surface area (Å²) in [6.07, 6.45) is 5.94. The van der Waals surface area contributed by atoms with Crippen molar-refractivity contribution in [3.63, 3.8) is 0 Å². The summed E-state index contributed by atoms with van der Waals surface area (Å²) in [6.45, 7) is -0.747. The maximum atomic E-state index is 12.6. The highest BCUT2D eigenvalue weighted by Crippen LogP contribution is 2.52. The number of hydrogen-bond acceptors (Lipinski definition) is 7. The molecule has 3 aliphatic rings. The summed E-state index contributed by atoms with van der Waals surface area (Å²) in [5, 5.41) is 24.9. The van der Waals surface area contributed by atoms with Gasteiger partial charge in [0, 0.05) is 11.6 Å². The van der Waals surface area contributed by atoms with E-state index in [2.05, 4.69) is 21.0 Å². The van der Waals surface area contributed by atoms with Crippen molar-refractivity contribution in [1.82, 2.24) is 5.01 Å². The van der Waals surface area contributed by atoms with Crippen LogP contribution in [0.15, 0.2) is 33.9 Å². The van der Waals surface area contributed by atoms with Gasteiger partial charge < -0.3 is 9.84 Å². The molecule has 0 unspecified atom stereocenters. The molecule has 2 fully saturated rings. The third kappa shape index (κ3) is 3.20. The Kier molecular flexibility index (Phi) is 4.69. The van der Waals surface area contributed by atoms with Crippen LogP contribution in [0.1, 0.15) is 12.0 Å². The van der Waals surface area contributed by atoms with Gasteiger partial charge in [0.1, 0.15) is 0 Å². The second-order valence-corrected chi connectivity index (χ2v) is 7.88. The SMILES string of the molecule is O=C(O)COc1c(Br)cc(C=NN2C(=O)[C@@H]3[C@H](C2=O)[C@H]2C=C[C@H]3C2)cc1[N+](=O)[O-]. The van der Waals surface area contributed by atoms with Crippen LogP contribution in [-0.2, 0) is 14.4 Å². The molecule has 1 saturated heterocycles. The molecule has 2 aliphatic carbocycles. The standard InChI is InChI=1S/C18H14BrN3O7/c19-11-3-8(4-12(22(27)28)16(11)29-7-13(23)24)6-20-21-17(25)14-9-1-2-10(5-9)15(14)18(21)26/h1-4,6,9-10,14-15H,5,7H2,(H,23,24)/t9-,10-,14-,15+/m0/s1. The normalized spacial score (nSPS) is 27.1. The number of fused-ring (bicyclic) bond motifs is 5. The zero-order chi connectivity index (χ0) is 20.9. The number of hydrazone groups is 1. The molecule has 1 aliphatic heterocycles. The molecule has 0 radical (unpaired) electrons. The average Bonchev–Trinajstić information content (AvgIpc) is 3.33. The van der Waals surface area contributed by atoms with Crippen molar-refractivity contribution in [2.75, 3.05) is 6.61 Å². The Hall–Kier alpha value is -3.08. The predicted octanol–water partition coefficient (Wildman–Crippen LogP) is 1.96. The number of aliphatic carboxylic acids is 1. The minimum absolute atomic E-state index is 0.0579. The third-order valence-corrected chi connectivity index (χ3v) is 5.94. The van der Waals surface area contributed by atoms with Gasteiger partial charge in [-0.05, 0) is 40.3 Å². The first-order chi connectivity index (χ1) is 13.8. The molecule has 1 heterocycles. The highest BCUT2D eigenvalue weighted by Gasteiger charge is 2.59. The molecule has 150 valence electrons. The second kappa shape index (κ2) is 7.07. The lowest BCUT2D eigenvalue weighted by molar-refractivity contribution is -0.385. The van der Waals surface area contributed by atoms with Crippen molar-refractivity contribution in [2.24, 2.45) is 28.8 Å². The zero-order valence-electron chi connectivity index (χ0n) is 14.7. The van der Waals surface area contributed by atoms with Crippen molar-refractivity contribution in [1.29, 1.82) is 0 Å². The summed E-state index contributed by atoms with van der Waals surface area (Å²) in [4.78, 5) is 46.5. The predicted molar refractivity (Wildman–Crippen MR) is 101 cm³/mol. The van der Waals surface area contributed by atoms with Crippen LogP contribution in [0.4, 0.5) is 5.69 Å². The molecule has 1 N–H and O–H groups in total. The Labute approximate surface area is 172 Å². The lowest BCUT2D eigenvalue weighted by Crippen LogP contribution is -2.28. The van der Waals surface area contributed by atoms with Crippen LogP contribution in [0.3, 0.4) is 0 Å². The average molecular weight is 464 g/mol. The summed E-state index contributed by atoms with van der Waals surface area (Å²) in [6, 6.07) is 2.55. The first-order valence-electron chi connectivity index (χ1n) is 8.70. The third-order valence-electron chi connectivity index (χ3n) is 5.35. The summed E-state index contributed by atoms with van der Waals surface area (Å²) < 4.78 is 5.13. The first-order valence-corrected chi connectivity index (χ1v) is 9.50. The van der Waals surface area contributed by atoms with E-state index in [1.54, 1.807) is 0 Å². The van der Waals surface area contributed by atoms with E-state index in [-0.39, 0.29) is 51.3 Å². The van der Waals surface area contributed by atoms with Gasteiger partial charge in [0.2, 0.25) is 5.75 Å². The van der Waals surface area contributed by atoms with E-state index in [9.17, 15) is 24.5 Å². The Morgan fingerprint density at radius 2 is 1.93 bits per heavy atom. The largest absolute Gasteiger partial charge is 0.479 e. The molecule has 1 aromatic carbocycles. The fraction of sp³-hybridized carbons (Fsp3) is 0.333. The van der Waals surface area contributed by atoms with Crippen molar-refractivity contribution in [3.8, 4) is 5.75 Å². The van der Waals surface area contributed by atoms with E-state index in [1.807, 2.05) is 12.2 Å². The van der Waals surface area contributed by atoms with Crippen molar-refractivity contribution in [2.45, 2.75) is 6.42 Å². The lowest BCUT2D eigenvalue weighted by atomic mass is 9.85. The molecule has 29 heavy (non-hydrogen) atoms. The molecule has 11 heteroatoms. The number of nitrogens with zero attached hydrogens (tertiary/aromatic N) is 3. The number of imide groups is 1. The fourth-order valence-corrected chi connectivity index (χ4v) is 4.79. The van der Waals surface area contributed by atoms with Gasteiger partial charge in [-0.15, -0.1) is 0 Å². The molecule has 2 amide bonds. The molecule has 4 atom stereocenters. The van der Waals surface area contributed by atoms with Gasteiger partial charge in [0.25, 0.3) is 11.8 Å². The van der Waals surface area contributed by atoms with Crippen LogP contribution in [0.25, 0.3) is 0 Å². The maximum Gasteiger partial charge on any atom is 0.341 e. The number of ether oxygens (including phenoxy) is 1. The molecule has 4 rings (SSSR count). The number of rotatable bonds is 6. The number of carbonyl (C=O) groups is 3. The number of carboxylic acid groups (broad SMARTS) is 1. The van der Waals surface area contributed by atoms with Crippen LogP contribution >= 0.6 is 15.9 Å². The quantitative estimate of drug-likeness (QED) is 0.223. The fourth-order valence-electron chi connectivity index (χ4n) is 4.21. The van der Waals surface area contributed by atoms with Gasteiger partial charge in [-0.3, -0.25) is 19.7 Å². The molecule has 1 aromatic rings. The van der Waals surface area contributed by atoms with E-state index in [0.717, 1.165) is 17.5 Å². The van der Waals surface area contributed by atoms with E-state index in [0.29, 0.717) is 0 Å². The topological polar surface area (TPSA) is 139 Å².